The SMILES string of the molecule is CC(C)c1onc(-c2c(Cl)cccc2Cl)c1OCc1ccc2c(c1)OC=C(c1ccc(O)cc1)C2. The van der Waals surface area contributed by atoms with Crippen LogP contribution in [0.2, 0.25) is 10.0 Å². The van der Waals surface area contributed by atoms with Crippen LogP contribution in [0.15, 0.2) is 71.4 Å². The molecule has 1 aliphatic heterocycles. The van der Waals surface area contributed by atoms with Crippen molar-refractivity contribution in [1.82, 2.24) is 5.16 Å². The van der Waals surface area contributed by atoms with E-state index in [4.69, 9.17) is 37.2 Å². The second-order valence-electron chi connectivity index (χ2n) is 8.69. The number of rotatable bonds is 6. The molecule has 3 aromatic carbocycles. The highest BCUT2D eigenvalue weighted by atomic mass is 35.5. The Balaban J connectivity index is 1.38. The Morgan fingerprint density at radius 1 is 1.03 bits per heavy atom. The van der Waals surface area contributed by atoms with Gasteiger partial charge in [0.1, 0.15) is 18.1 Å². The molecule has 0 bridgehead atoms. The van der Waals surface area contributed by atoms with E-state index in [1.807, 2.05) is 44.2 Å². The molecule has 0 atom stereocenters. The smallest absolute Gasteiger partial charge is 0.190 e. The minimum Gasteiger partial charge on any atom is -0.508 e. The Morgan fingerprint density at radius 2 is 1.77 bits per heavy atom. The maximum Gasteiger partial charge on any atom is 0.190 e. The topological polar surface area (TPSA) is 64.7 Å². The van der Waals surface area contributed by atoms with Crippen molar-refractivity contribution < 1.29 is 19.1 Å². The molecule has 2 heterocycles. The fourth-order valence-corrected chi connectivity index (χ4v) is 4.59. The number of ether oxygens (including phenoxy) is 2. The molecule has 0 saturated carbocycles. The van der Waals surface area contributed by atoms with Crippen molar-refractivity contribution in [1.29, 1.82) is 0 Å². The summed E-state index contributed by atoms with van der Waals surface area (Å²) in [5, 5.41) is 14.7. The molecule has 5 nitrogen and oxygen atoms in total. The first kappa shape index (κ1) is 23.3. The number of hydrogen-bond donors (Lipinski definition) is 1. The van der Waals surface area contributed by atoms with Crippen LogP contribution < -0.4 is 9.47 Å². The number of phenolic OH excluding ortho intramolecular Hbond substituents is 1. The van der Waals surface area contributed by atoms with Crippen molar-refractivity contribution in [3.8, 4) is 28.5 Å². The van der Waals surface area contributed by atoms with E-state index in [9.17, 15) is 5.11 Å². The molecule has 0 amide bonds. The summed E-state index contributed by atoms with van der Waals surface area (Å²) in [6.45, 7) is 4.31. The molecule has 0 saturated heterocycles. The molecule has 1 N–H and O–H groups in total. The van der Waals surface area contributed by atoms with E-state index in [1.54, 1.807) is 36.6 Å². The Morgan fingerprint density at radius 3 is 2.49 bits per heavy atom. The molecule has 4 aromatic rings. The number of allylic oxidation sites excluding steroid dienone is 1. The molecule has 0 spiro atoms. The van der Waals surface area contributed by atoms with Gasteiger partial charge in [0.05, 0.1) is 16.3 Å². The van der Waals surface area contributed by atoms with Gasteiger partial charge < -0.3 is 19.1 Å². The number of hydrogen-bond acceptors (Lipinski definition) is 5. The summed E-state index contributed by atoms with van der Waals surface area (Å²) in [6, 6.07) is 18.5. The number of nitrogens with zero attached hydrogens (tertiary/aromatic N) is 1. The van der Waals surface area contributed by atoms with Crippen LogP contribution in [0.3, 0.4) is 0 Å². The van der Waals surface area contributed by atoms with Gasteiger partial charge in [-0.2, -0.15) is 0 Å². The van der Waals surface area contributed by atoms with Gasteiger partial charge in [-0.05, 0) is 52.6 Å². The molecule has 0 aliphatic carbocycles. The first-order valence-electron chi connectivity index (χ1n) is 11.2. The molecule has 0 unspecified atom stereocenters. The molecular formula is C28H23Cl2NO4. The molecule has 1 aromatic heterocycles. The van der Waals surface area contributed by atoms with Crippen LogP contribution in [0.1, 0.15) is 42.2 Å². The average molecular weight is 508 g/mol. The second-order valence-corrected chi connectivity index (χ2v) is 9.51. The van der Waals surface area contributed by atoms with Crippen LogP contribution >= 0.6 is 23.2 Å². The molecule has 178 valence electrons. The molecule has 0 radical (unpaired) electrons. The van der Waals surface area contributed by atoms with E-state index in [2.05, 4.69) is 5.16 Å². The summed E-state index contributed by atoms with van der Waals surface area (Å²) in [5.74, 6) is 2.25. The highest BCUT2D eigenvalue weighted by Crippen LogP contribution is 2.43. The third-order valence-electron chi connectivity index (χ3n) is 5.86. The summed E-state index contributed by atoms with van der Waals surface area (Å²) < 4.78 is 17.8. The van der Waals surface area contributed by atoms with Gasteiger partial charge in [0, 0.05) is 17.9 Å². The Hall–Kier alpha value is -3.41. The molecule has 5 rings (SSSR count). The minimum absolute atomic E-state index is 0.0582. The molecule has 35 heavy (non-hydrogen) atoms. The van der Waals surface area contributed by atoms with Crippen molar-refractivity contribution in [3.05, 3.63) is 99.4 Å². The quantitative estimate of drug-likeness (QED) is 0.286. The molecule has 0 fully saturated rings. The van der Waals surface area contributed by atoms with E-state index >= 15 is 0 Å². The summed E-state index contributed by atoms with van der Waals surface area (Å²) in [7, 11) is 0. The van der Waals surface area contributed by atoms with Crippen LogP contribution in [-0.4, -0.2) is 10.3 Å². The summed E-state index contributed by atoms with van der Waals surface area (Å²) in [4.78, 5) is 0. The fourth-order valence-electron chi connectivity index (χ4n) is 4.01. The van der Waals surface area contributed by atoms with Crippen LogP contribution in [-0.2, 0) is 13.0 Å². The predicted octanol–water partition coefficient (Wildman–Crippen LogP) is 8.03. The fraction of sp³-hybridized carbons (Fsp3) is 0.179. The maximum absolute atomic E-state index is 9.53. The van der Waals surface area contributed by atoms with Gasteiger partial charge in [-0.25, -0.2) is 0 Å². The maximum atomic E-state index is 9.53. The lowest BCUT2D eigenvalue weighted by Crippen LogP contribution is -2.05. The van der Waals surface area contributed by atoms with E-state index in [-0.39, 0.29) is 11.7 Å². The van der Waals surface area contributed by atoms with Gasteiger partial charge in [0.2, 0.25) is 0 Å². The third kappa shape index (κ3) is 4.75. The lowest BCUT2D eigenvalue weighted by atomic mass is 9.96. The number of halogens is 2. The van der Waals surface area contributed by atoms with Gasteiger partial charge in [-0.1, -0.05) is 72.5 Å². The summed E-state index contributed by atoms with van der Waals surface area (Å²) >= 11 is 12.9. The van der Waals surface area contributed by atoms with Gasteiger partial charge in [0.15, 0.2) is 17.2 Å². The largest absolute Gasteiger partial charge is 0.508 e. The van der Waals surface area contributed by atoms with Gasteiger partial charge in [-0.15, -0.1) is 0 Å². The number of phenols is 1. The Bertz CT molecular complexity index is 1390. The van der Waals surface area contributed by atoms with Crippen LogP contribution in [0.5, 0.6) is 17.2 Å². The van der Waals surface area contributed by atoms with E-state index in [1.165, 1.54) is 0 Å². The average Bonchev–Trinajstić information content (AvgIpc) is 3.26. The predicted molar refractivity (Wildman–Crippen MR) is 137 cm³/mol. The molecule has 1 aliphatic rings. The lowest BCUT2D eigenvalue weighted by molar-refractivity contribution is 0.288. The van der Waals surface area contributed by atoms with E-state index in [0.29, 0.717) is 39.4 Å². The Labute approximate surface area is 213 Å². The summed E-state index contributed by atoms with van der Waals surface area (Å²) in [5.41, 5.74) is 5.16. The first-order chi connectivity index (χ1) is 16.9. The zero-order valence-corrected chi connectivity index (χ0v) is 20.7. The van der Waals surface area contributed by atoms with Crippen molar-refractivity contribution >= 4 is 28.8 Å². The van der Waals surface area contributed by atoms with Gasteiger partial charge in [0.25, 0.3) is 0 Å². The van der Waals surface area contributed by atoms with Crippen molar-refractivity contribution in [2.45, 2.75) is 32.8 Å². The standard InChI is InChI=1S/C28H23Cl2NO4/c1-16(2)27-28(26(31-35-27)25-22(29)4-3-5-23(25)30)34-14-17-6-7-19-13-20(15-33-24(19)12-17)18-8-10-21(32)11-9-18/h3-12,15-16,32H,13-14H2,1-2H3. The second kappa shape index (κ2) is 9.68. The normalized spacial score (nSPS) is 12.8. The monoisotopic (exact) mass is 507 g/mol. The van der Waals surface area contributed by atoms with Gasteiger partial charge in [-0.3, -0.25) is 0 Å². The molecular weight excluding hydrogens is 485 g/mol. The first-order valence-corrected chi connectivity index (χ1v) is 12.0. The van der Waals surface area contributed by atoms with Crippen molar-refractivity contribution in [2.75, 3.05) is 0 Å². The number of benzene rings is 3. The number of fused-ring (bicyclic) bond motifs is 1. The Kier molecular flexibility index (Phi) is 6.46. The number of aromatic hydroxyl groups is 1. The number of aromatic nitrogens is 1. The zero-order valence-electron chi connectivity index (χ0n) is 19.2. The highest BCUT2D eigenvalue weighted by Gasteiger charge is 2.25. The van der Waals surface area contributed by atoms with Gasteiger partial charge >= 0.3 is 0 Å². The highest BCUT2D eigenvalue weighted by molar-refractivity contribution is 6.39. The van der Waals surface area contributed by atoms with Crippen LogP contribution in [0, 0.1) is 0 Å². The van der Waals surface area contributed by atoms with Crippen LogP contribution in [0.25, 0.3) is 16.8 Å². The van der Waals surface area contributed by atoms with E-state index in [0.717, 1.165) is 34.4 Å². The summed E-state index contributed by atoms with van der Waals surface area (Å²) in [6.07, 6.45) is 2.49. The third-order valence-corrected chi connectivity index (χ3v) is 6.49. The zero-order chi connectivity index (χ0) is 24.5. The van der Waals surface area contributed by atoms with Crippen molar-refractivity contribution in [2.24, 2.45) is 0 Å². The lowest BCUT2D eigenvalue weighted by Gasteiger charge is -2.19. The van der Waals surface area contributed by atoms with Crippen molar-refractivity contribution in [3.63, 3.8) is 0 Å². The molecule has 7 heteroatoms. The van der Waals surface area contributed by atoms with E-state index < -0.39 is 0 Å². The van der Waals surface area contributed by atoms with Crippen LogP contribution in [0.4, 0.5) is 0 Å². The minimum atomic E-state index is 0.0582.